The summed E-state index contributed by atoms with van der Waals surface area (Å²) in [6.07, 6.45) is 0.811. The van der Waals surface area contributed by atoms with Crippen LogP contribution in [0.15, 0.2) is 102 Å². The number of rotatable bonds is 14. The van der Waals surface area contributed by atoms with E-state index in [1.807, 2.05) is 74.5 Å². The average molecular weight is 641 g/mol. The van der Waals surface area contributed by atoms with E-state index >= 15 is 0 Å². The molecular formula is C33H34FO8PS. The fourth-order valence-electron chi connectivity index (χ4n) is 4.15. The fraction of sp³-hybridized carbons (Fsp3) is 0.242. The number of phosphoric acid groups is 1. The smallest absolute Gasteiger partial charge is 0.460 e. The lowest BCUT2D eigenvalue weighted by molar-refractivity contribution is -0.144. The number of esters is 1. The lowest BCUT2D eigenvalue weighted by Crippen LogP contribution is -2.13. The minimum absolute atomic E-state index is 0.00132. The van der Waals surface area contributed by atoms with Crippen molar-refractivity contribution >= 4 is 23.6 Å². The van der Waals surface area contributed by atoms with Crippen LogP contribution in [-0.2, 0) is 59.2 Å². The van der Waals surface area contributed by atoms with E-state index in [0.717, 1.165) is 17.4 Å². The number of sulfone groups is 1. The molecule has 0 atom stereocenters. The summed E-state index contributed by atoms with van der Waals surface area (Å²) in [7, 11) is -7.84. The maximum absolute atomic E-state index is 14.8. The molecule has 0 aliphatic rings. The largest absolute Gasteiger partial charge is 0.530 e. The zero-order chi connectivity index (χ0) is 31.7. The molecule has 4 aromatic rings. The highest BCUT2D eigenvalue weighted by Crippen LogP contribution is 2.51. The van der Waals surface area contributed by atoms with Crippen LogP contribution in [0, 0.1) is 5.82 Å². The predicted octanol–water partition coefficient (Wildman–Crippen LogP) is 7.56. The quantitative estimate of drug-likeness (QED) is 0.103. The number of ether oxygens (including phenoxy) is 1. The van der Waals surface area contributed by atoms with Gasteiger partial charge in [-0.05, 0) is 52.4 Å². The second-order valence-corrected chi connectivity index (χ2v) is 14.0. The Labute approximate surface area is 257 Å². The number of hydrogen-bond donors (Lipinski definition) is 0. The van der Waals surface area contributed by atoms with Crippen LogP contribution in [0.1, 0.15) is 47.6 Å². The molecule has 4 rings (SSSR count). The second-order valence-electron chi connectivity index (χ2n) is 10.4. The highest BCUT2D eigenvalue weighted by Gasteiger charge is 2.29. The third-order valence-corrected chi connectivity index (χ3v) is 9.06. The van der Waals surface area contributed by atoms with Gasteiger partial charge in [0, 0.05) is 11.8 Å². The molecule has 44 heavy (non-hydrogen) atoms. The van der Waals surface area contributed by atoms with E-state index in [0.29, 0.717) is 11.1 Å². The van der Waals surface area contributed by atoms with Crippen LogP contribution in [0.5, 0.6) is 5.75 Å². The summed E-state index contributed by atoms with van der Waals surface area (Å²) in [6.45, 7) is 3.11. The van der Waals surface area contributed by atoms with Crippen LogP contribution in [0.25, 0.3) is 0 Å². The molecule has 0 aromatic heterocycles. The van der Waals surface area contributed by atoms with Crippen LogP contribution >= 0.6 is 7.82 Å². The number of halogens is 1. The van der Waals surface area contributed by atoms with Gasteiger partial charge in [0.25, 0.3) is 0 Å². The maximum Gasteiger partial charge on any atom is 0.530 e. The Morgan fingerprint density at radius 2 is 1.34 bits per heavy atom. The number of hydrogen-bond acceptors (Lipinski definition) is 8. The zero-order valence-corrected chi connectivity index (χ0v) is 26.4. The van der Waals surface area contributed by atoms with Gasteiger partial charge in [0.05, 0.1) is 24.5 Å². The van der Waals surface area contributed by atoms with Gasteiger partial charge in [0.2, 0.25) is 0 Å². The van der Waals surface area contributed by atoms with Crippen molar-refractivity contribution in [2.75, 3.05) is 6.26 Å². The molecule has 0 saturated heterocycles. The van der Waals surface area contributed by atoms with Crippen LogP contribution in [0.4, 0.5) is 4.39 Å². The summed E-state index contributed by atoms with van der Waals surface area (Å²) in [5.74, 6) is -1.34. The van der Waals surface area contributed by atoms with E-state index in [9.17, 15) is 22.2 Å². The van der Waals surface area contributed by atoms with Gasteiger partial charge in [-0.1, -0.05) is 86.6 Å². The van der Waals surface area contributed by atoms with Gasteiger partial charge < -0.3 is 9.26 Å². The van der Waals surface area contributed by atoms with Crippen LogP contribution in [0.3, 0.4) is 0 Å². The normalized spacial score (nSPS) is 11.8. The van der Waals surface area contributed by atoms with Gasteiger partial charge in [-0.25, -0.2) is 17.4 Å². The van der Waals surface area contributed by atoms with Crippen molar-refractivity contribution in [3.63, 3.8) is 0 Å². The molecule has 11 heteroatoms. The molecule has 0 fully saturated rings. The molecular weight excluding hydrogens is 606 g/mol. The molecule has 0 aliphatic carbocycles. The monoisotopic (exact) mass is 640 g/mol. The van der Waals surface area contributed by atoms with E-state index in [2.05, 4.69) is 0 Å². The Kier molecular flexibility index (Phi) is 11.1. The van der Waals surface area contributed by atoms with Gasteiger partial charge in [0.1, 0.15) is 18.2 Å². The summed E-state index contributed by atoms with van der Waals surface area (Å²) < 4.78 is 75.3. The van der Waals surface area contributed by atoms with Crippen molar-refractivity contribution in [3.05, 3.63) is 131 Å². The minimum Gasteiger partial charge on any atom is -0.460 e. The highest BCUT2D eigenvalue weighted by molar-refractivity contribution is 7.90. The average Bonchev–Trinajstić information content (AvgIpc) is 3.00. The van der Waals surface area contributed by atoms with Gasteiger partial charge >= 0.3 is 13.8 Å². The van der Waals surface area contributed by atoms with Crippen LogP contribution < -0.4 is 4.52 Å². The Morgan fingerprint density at radius 3 is 1.84 bits per heavy atom. The summed E-state index contributed by atoms with van der Waals surface area (Å²) >= 11 is 0. The standard InChI is InChI=1S/C33H34FO8PS/c1-24(2)28-19-31(34)30(32(20-28)44(3,37)38)23-39-33(35)18-25-14-16-29(17-15-25)42-43(36,40-21-26-10-6-4-7-11-26)41-22-27-12-8-5-9-13-27/h4-17,19-20,24H,18,21-23H2,1-3H3. The number of phosphoric ester groups is 1. The van der Waals surface area contributed by atoms with Crippen molar-refractivity contribution in [1.82, 2.24) is 0 Å². The molecule has 0 saturated carbocycles. The van der Waals surface area contributed by atoms with E-state index < -0.39 is 36.1 Å². The van der Waals surface area contributed by atoms with E-state index in [-0.39, 0.29) is 41.8 Å². The van der Waals surface area contributed by atoms with Gasteiger partial charge in [-0.2, -0.15) is 0 Å². The third kappa shape index (κ3) is 9.59. The molecule has 0 aliphatic heterocycles. The summed E-state index contributed by atoms with van der Waals surface area (Å²) in [4.78, 5) is 12.4. The summed E-state index contributed by atoms with van der Waals surface area (Å²) in [5.41, 5.74) is 2.43. The first-order valence-electron chi connectivity index (χ1n) is 13.9. The van der Waals surface area contributed by atoms with Crippen molar-refractivity contribution in [2.45, 2.75) is 50.9 Å². The SMILES string of the molecule is CC(C)c1cc(F)c(COC(=O)Cc2ccc(OP(=O)(OCc3ccccc3)OCc3ccccc3)cc2)c(S(C)(=O)=O)c1. The van der Waals surface area contributed by atoms with E-state index in [1.165, 1.54) is 24.3 Å². The first kappa shape index (κ1) is 33.1. The third-order valence-electron chi connectivity index (χ3n) is 6.57. The maximum atomic E-state index is 14.8. The molecule has 0 N–H and O–H groups in total. The number of carbonyl (C=O) groups is 1. The fourth-order valence-corrected chi connectivity index (χ4v) is 6.28. The summed E-state index contributed by atoms with van der Waals surface area (Å²) in [6, 6.07) is 27.2. The highest BCUT2D eigenvalue weighted by atomic mass is 32.2. The minimum atomic E-state index is -4.07. The van der Waals surface area contributed by atoms with Crippen molar-refractivity contribution < 1.29 is 40.5 Å². The Balaban J connectivity index is 1.40. The molecule has 8 nitrogen and oxygen atoms in total. The van der Waals surface area contributed by atoms with E-state index in [1.54, 1.807) is 12.1 Å². The number of benzene rings is 4. The lowest BCUT2D eigenvalue weighted by atomic mass is 10.0. The first-order chi connectivity index (χ1) is 20.9. The molecule has 0 radical (unpaired) electrons. The second kappa shape index (κ2) is 14.8. The van der Waals surface area contributed by atoms with E-state index in [4.69, 9.17) is 18.3 Å². The van der Waals surface area contributed by atoms with Crippen LogP contribution in [0.2, 0.25) is 0 Å². The van der Waals surface area contributed by atoms with Crippen LogP contribution in [-0.4, -0.2) is 20.6 Å². The molecule has 0 bridgehead atoms. The first-order valence-corrected chi connectivity index (χ1v) is 17.2. The Hall–Kier alpha value is -3.82. The zero-order valence-electron chi connectivity index (χ0n) is 24.6. The molecule has 0 unspecified atom stereocenters. The van der Waals surface area contributed by atoms with Crippen molar-refractivity contribution in [1.29, 1.82) is 0 Å². The van der Waals surface area contributed by atoms with Gasteiger partial charge in [-0.3, -0.25) is 13.8 Å². The van der Waals surface area contributed by atoms with Gasteiger partial charge in [0.15, 0.2) is 9.84 Å². The number of carbonyl (C=O) groups excluding carboxylic acids is 1. The predicted molar refractivity (Wildman–Crippen MR) is 164 cm³/mol. The molecule has 0 spiro atoms. The molecule has 232 valence electrons. The molecule has 4 aromatic carbocycles. The van der Waals surface area contributed by atoms with Crippen molar-refractivity contribution in [2.24, 2.45) is 0 Å². The topological polar surface area (TPSA) is 105 Å². The van der Waals surface area contributed by atoms with Crippen molar-refractivity contribution in [3.8, 4) is 5.75 Å². The Morgan fingerprint density at radius 1 is 0.795 bits per heavy atom. The molecule has 0 amide bonds. The lowest BCUT2D eigenvalue weighted by Gasteiger charge is -2.19. The molecule has 0 heterocycles. The Bertz CT molecular complexity index is 1660. The summed E-state index contributed by atoms with van der Waals surface area (Å²) in [5, 5.41) is 0. The van der Waals surface area contributed by atoms with Gasteiger partial charge in [-0.15, -0.1) is 0 Å².